The maximum absolute atomic E-state index is 5.89. The fourth-order valence-corrected chi connectivity index (χ4v) is 3.40. The number of hydrogen-bond donors (Lipinski definition) is 0. The zero-order valence-corrected chi connectivity index (χ0v) is 13.0. The Morgan fingerprint density at radius 2 is 1.90 bits per heavy atom. The molecule has 1 radical (unpaired) electrons. The lowest BCUT2D eigenvalue weighted by Gasteiger charge is -2.42. The smallest absolute Gasteiger partial charge is 0.173 e. The van der Waals surface area contributed by atoms with Crippen LogP contribution in [0.3, 0.4) is 0 Å². The third kappa shape index (κ3) is 3.13. The summed E-state index contributed by atoms with van der Waals surface area (Å²) in [6, 6.07) is 0. The highest BCUT2D eigenvalue weighted by Gasteiger charge is 2.46. The first-order valence-corrected chi connectivity index (χ1v) is 7.27. The molecule has 0 atom stereocenters. The van der Waals surface area contributed by atoms with Crippen LogP contribution >= 0.6 is 0 Å². The second-order valence-corrected chi connectivity index (χ2v) is 6.48. The molecule has 0 unspecified atom stereocenters. The molecule has 1 aliphatic carbocycles. The molecule has 2 rings (SSSR count). The highest BCUT2D eigenvalue weighted by atomic mass is 16.7. The Morgan fingerprint density at radius 3 is 2.45 bits per heavy atom. The van der Waals surface area contributed by atoms with Crippen molar-refractivity contribution in [2.45, 2.75) is 46.3 Å². The second kappa shape index (κ2) is 5.71. The van der Waals surface area contributed by atoms with Gasteiger partial charge in [0.2, 0.25) is 0 Å². The van der Waals surface area contributed by atoms with Crippen molar-refractivity contribution in [1.82, 2.24) is 0 Å². The first-order valence-electron chi connectivity index (χ1n) is 7.27. The van der Waals surface area contributed by atoms with E-state index >= 15 is 0 Å². The quantitative estimate of drug-likeness (QED) is 0.711. The summed E-state index contributed by atoms with van der Waals surface area (Å²) < 4.78 is 11.8. The molecule has 0 aromatic rings. The summed E-state index contributed by atoms with van der Waals surface area (Å²) in [5.74, 6) is -0.388. The van der Waals surface area contributed by atoms with Gasteiger partial charge < -0.3 is 9.47 Å². The average molecular weight is 273 g/mol. The largest absolute Gasteiger partial charge is 0.347 e. The SMILES string of the molecule is [CH]=CC=C(C)C=CC1=C(C)CC2(CC1(C)C)OCCO2. The molecular weight excluding hydrogens is 248 g/mol. The minimum absolute atomic E-state index is 0.0515. The van der Waals surface area contributed by atoms with Crippen molar-refractivity contribution in [2.24, 2.45) is 5.41 Å². The van der Waals surface area contributed by atoms with E-state index < -0.39 is 0 Å². The monoisotopic (exact) mass is 273 g/mol. The lowest BCUT2D eigenvalue weighted by atomic mass is 9.70. The molecule has 20 heavy (non-hydrogen) atoms. The molecule has 2 heteroatoms. The second-order valence-electron chi connectivity index (χ2n) is 6.48. The molecule has 0 saturated carbocycles. The van der Waals surface area contributed by atoms with Gasteiger partial charge in [0.05, 0.1) is 13.2 Å². The molecule has 0 N–H and O–H groups in total. The van der Waals surface area contributed by atoms with Gasteiger partial charge in [0, 0.05) is 12.8 Å². The van der Waals surface area contributed by atoms with Gasteiger partial charge in [0.1, 0.15) is 0 Å². The Morgan fingerprint density at radius 1 is 1.25 bits per heavy atom. The van der Waals surface area contributed by atoms with Crippen LogP contribution in [0.1, 0.15) is 40.5 Å². The molecular formula is C18H25O2. The first kappa shape index (κ1) is 15.3. The minimum atomic E-state index is -0.388. The Bertz CT molecular complexity index is 472. The fraction of sp³-hybridized carbons (Fsp3) is 0.556. The highest BCUT2D eigenvalue weighted by Crippen LogP contribution is 2.48. The Kier molecular flexibility index (Phi) is 4.36. The summed E-state index contributed by atoms with van der Waals surface area (Å²) >= 11 is 0. The standard InChI is InChI=1S/C18H25O2/c1-6-7-14(2)8-9-16-15(3)12-18(13-17(16,4)5)19-10-11-20-18/h1,6-9H,10-13H2,2-5H3. The third-order valence-electron chi connectivity index (χ3n) is 4.12. The van der Waals surface area contributed by atoms with Gasteiger partial charge >= 0.3 is 0 Å². The van der Waals surface area contributed by atoms with E-state index in [4.69, 9.17) is 16.1 Å². The minimum Gasteiger partial charge on any atom is -0.347 e. The van der Waals surface area contributed by atoms with E-state index in [-0.39, 0.29) is 11.2 Å². The normalized spacial score (nSPS) is 25.7. The number of allylic oxidation sites excluding steroid dienone is 6. The molecule has 2 nitrogen and oxygen atoms in total. The van der Waals surface area contributed by atoms with E-state index in [1.807, 2.05) is 6.08 Å². The van der Waals surface area contributed by atoms with Crippen LogP contribution in [-0.4, -0.2) is 19.0 Å². The summed E-state index contributed by atoms with van der Waals surface area (Å²) in [7, 11) is 0. The summed E-state index contributed by atoms with van der Waals surface area (Å²) in [5, 5.41) is 0. The molecule has 0 aromatic carbocycles. The van der Waals surface area contributed by atoms with Crippen LogP contribution in [-0.2, 0) is 9.47 Å². The number of hydrogen-bond acceptors (Lipinski definition) is 2. The Balaban J connectivity index is 2.27. The molecule has 0 bridgehead atoms. The fourth-order valence-electron chi connectivity index (χ4n) is 3.40. The average Bonchev–Trinajstić information content (AvgIpc) is 2.74. The summed E-state index contributed by atoms with van der Waals surface area (Å²) in [5.41, 5.74) is 3.93. The van der Waals surface area contributed by atoms with Gasteiger partial charge in [-0.05, 0) is 24.8 Å². The van der Waals surface area contributed by atoms with E-state index in [1.165, 1.54) is 11.1 Å². The van der Waals surface area contributed by atoms with Gasteiger partial charge in [-0.15, -0.1) is 0 Å². The molecule has 109 valence electrons. The van der Waals surface area contributed by atoms with Crippen molar-refractivity contribution >= 4 is 0 Å². The van der Waals surface area contributed by atoms with Crippen molar-refractivity contribution < 1.29 is 9.47 Å². The molecule has 1 heterocycles. The van der Waals surface area contributed by atoms with E-state index in [2.05, 4.69) is 39.8 Å². The van der Waals surface area contributed by atoms with Crippen LogP contribution in [0, 0.1) is 12.0 Å². The van der Waals surface area contributed by atoms with Gasteiger partial charge in [-0.3, -0.25) is 0 Å². The lowest BCUT2D eigenvalue weighted by molar-refractivity contribution is -0.178. The first-order chi connectivity index (χ1) is 9.38. The van der Waals surface area contributed by atoms with Gasteiger partial charge in [-0.25, -0.2) is 0 Å². The number of rotatable bonds is 3. The van der Waals surface area contributed by atoms with Gasteiger partial charge in [0.25, 0.3) is 0 Å². The van der Waals surface area contributed by atoms with E-state index in [1.54, 1.807) is 6.08 Å². The third-order valence-corrected chi connectivity index (χ3v) is 4.12. The lowest BCUT2D eigenvalue weighted by Crippen LogP contribution is -2.40. The van der Waals surface area contributed by atoms with Crippen molar-refractivity contribution in [3.63, 3.8) is 0 Å². The zero-order valence-electron chi connectivity index (χ0n) is 13.0. The summed E-state index contributed by atoms with van der Waals surface area (Å²) in [6.45, 7) is 15.6. The molecule has 2 aliphatic rings. The van der Waals surface area contributed by atoms with E-state index in [0.29, 0.717) is 13.2 Å². The van der Waals surface area contributed by atoms with Gasteiger partial charge in [-0.1, -0.05) is 55.9 Å². The Labute approximate surface area is 122 Å². The van der Waals surface area contributed by atoms with Crippen molar-refractivity contribution in [2.75, 3.05) is 13.2 Å². The van der Waals surface area contributed by atoms with E-state index in [9.17, 15) is 0 Å². The van der Waals surface area contributed by atoms with Crippen LogP contribution < -0.4 is 0 Å². The number of ether oxygens (including phenoxy) is 2. The molecule has 1 fully saturated rings. The van der Waals surface area contributed by atoms with Crippen LogP contribution in [0.15, 0.2) is 41.0 Å². The Hall–Kier alpha value is -1.12. The van der Waals surface area contributed by atoms with Crippen LogP contribution in [0.25, 0.3) is 0 Å². The maximum Gasteiger partial charge on any atom is 0.173 e. The predicted octanol–water partition coefficient (Wildman–Crippen LogP) is 4.36. The highest BCUT2D eigenvalue weighted by molar-refractivity contribution is 5.37. The topological polar surface area (TPSA) is 18.5 Å². The van der Waals surface area contributed by atoms with Gasteiger partial charge in [0.15, 0.2) is 5.79 Å². The zero-order chi connectivity index (χ0) is 14.8. The van der Waals surface area contributed by atoms with Gasteiger partial charge in [-0.2, -0.15) is 0 Å². The summed E-state index contributed by atoms with van der Waals surface area (Å²) in [6.07, 6.45) is 9.59. The van der Waals surface area contributed by atoms with Crippen LogP contribution in [0.2, 0.25) is 0 Å². The molecule has 0 aromatic heterocycles. The van der Waals surface area contributed by atoms with Crippen molar-refractivity contribution in [3.8, 4) is 0 Å². The molecule has 1 saturated heterocycles. The van der Waals surface area contributed by atoms with Crippen molar-refractivity contribution in [3.05, 3.63) is 47.6 Å². The molecule has 1 aliphatic heterocycles. The van der Waals surface area contributed by atoms with Crippen molar-refractivity contribution in [1.29, 1.82) is 0 Å². The van der Waals surface area contributed by atoms with E-state index in [0.717, 1.165) is 18.4 Å². The molecule has 0 amide bonds. The van der Waals surface area contributed by atoms with Crippen LogP contribution in [0.5, 0.6) is 0 Å². The van der Waals surface area contributed by atoms with Crippen LogP contribution in [0.4, 0.5) is 0 Å². The summed E-state index contributed by atoms with van der Waals surface area (Å²) in [4.78, 5) is 0. The predicted molar refractivity (Wildman–Crippen MR) is 82.1 cm³/mol. The molecule has 1 spiro atoms. The maximum atomic E-state index is 5.89.